The van der Waals surface area contributed by atoms with Crippen LogP contribution in [-0.2, 0) is 14.4 Å². The highest BCUT2D eigenvalue weighted by Crippen LogP contribution is 2.47. The van der Waals surface area contributed by atoms with Gasteiger partial charge in [0.15, 0.2) is 0 Å². The Bertz CT molecular complexity index is 2200. The number of allylic oxidation sites excluding steroid dienone is 1. The zero-order valence-electron chi connectivity index (χ0n) is 38.8. The number of carbonyl (C=O) groups excluding carboxylic acids is 4. The third-order valence-corrected chi connectivity index (χ3v) is 17.1. The average molecular weight is 944 g/mol. The van der Waals surface area contributed by atoms with Crippen LogP contribution in [0.15, 0.2) is 54.4 Å². The van der Waals surface area contributed by atoms with Crippen LogP contribution in [0.25, 0.3) is 0 Å². The largest absolute Gasteiger partial charge is 0.389 e. The number of carbonyl (C=O) groups is 4. The number of hydrazine groups is 1. The highest BCUT2D eigenvalue weighted by molar-refractivity contribution is 6.32. The number of nitrogens with one attached hydrogen (secondary N) is 5. The maximum atomic E-state index is 15.2. The number of anilines is 2. The molecule has 1 saturated carbocycles. The molecule has 2 aromatic rings. The van der Waals surface area contributed by atoms with E-state index < -0.39 is 11.5 Å². The first kappa shape index (κ1) is 46.6. The lowest BCUT2D eigenvalue weighted by molar-refractivity contribution is -0.147. The van der Waals surface area contributed by atoms with Crippen LogP contribution in [0.1, 0.15) is 112 Å². The van der Waals surface area contributed by atoms with E-state index in [0.29, 0.717) is 53.3 Å². The van der Waals surface area contributed by atoms with E-state index in [4.69, 9.17) is 11.6 Å². The molecule has 0 aromatic heterocycles. The van der Waals surface area contributed by atoms with E-state index in [2.05, 4.69) is 60.6 Å². The average Bonchev–Trinajstić information content (AvgIpc) is 3.59. The Balaban J connectivity index is 0.671. The van der Waals surface area contributed by atoms with Gasteiger partial charge in [-0.05, 0) is 143 Å². The third-order valence-electron chi connectivity index (χ3n) is 16.7. The SMILES string of the molecule is C[C@@]1(O)CC/C=C(/F)CN2C(=O)C3CNC(Nc4ccc(N5CCN(CC6CCC7(CC6)CCN(C(=O)c6ccc(Cl)c(C8CCC(=O)NC8=O)c6)CC7)CC5)cc4)NC3N2C2CCCC1N2. The van der Waals surface area contributed by atoms with Crippen molar-refractivity contribution in [3.8, 4) is 0 Å². The predicted molar refractivity (Wildman–Crippen MR) is 254 cm³/mol. The quantitative estimate of drug-likeness (QED) is 0.210. The summed E-state index contributed by atoms with van der Waals surface area (Å²) in [5.41, 5.74) is 2.64. The zero-order chi connectivity index (χ0) is 46.5. The lowest BCUT2D eigenvalue weighted by Gasteiger charge is -2.47. The molecule has 6 N–H and O–H groups in total. The van der Waals surface area contributed by atoms with Crippen LogP contribution in [0.2, 0.25) is 5.02 Å². The van der Waals surface area contributed by atoms with E-state index in [1.54, 1.807) is 23.2 Å². The summed E-state index contributed by atoms with van der Waals surface area (Å²) >= 11 is 6.49. The summed E-state index contributed by atoms with van der Waals surface area (Å²) in [5.74, 6) is -1.30. The number of fused-ring (bicyclic) bond motifs is 6. The van der Waals surface area contributed by atoms with Crippen molar-refractivity contribution in [2.24, 2.45) is 17.3 Å². The number of halogens is 2. The second-order valence-electron chi connectivity index (χ2n) is 21.0. The standard InChI is InChI=1S/C50H68ClFN10O5/c1-49(67)17-3-4-34(52)31-61-47(66)39-29-53-48(57-44(39)62(61)42-6-2-5-41(49)55-42)54-35-8-10-36(11-9-35)59-26-24-58(25-27-59)30-32-15-18-50(19-16-32)20-22-60(23-21-50)46(65)33-7-13-40(51)38(28-33)37-12-14-43(63)56-45(37)64/h4,7-11,13,28,32,37,39,41-42,44,48,53-55,57,67H,2-3,5-6,12,14-27,29-31H2,1H3,(H,56,63,64)/b34-4+/t37?,39?,41?,42?,44?,48?,49-/m1/s1. The molecule has 7 aliphatic heterocycles. The molecule has 4 amide bonds. The number of piperidine rings is 3. The van der Waals surface area contributed by atoms with Crippen molar-refractivity contribution in [2.45, 2.75) is 127 Å². The Hall–Kier alpha value is -4.16. The molecule has 0 radical (unpaired) electrons. The number of imide groups is 1. The second kappa shape index (κ2) is 19.3. The number of hydrogen-bond donors (Lipinski definition) is 6. The van der Waals surface area contributed by atoms with Crippen molar-refractivity contribution in [1.82, 2.24) is 41.1 Å². The van der Waals surface area contributed by atoms with Gasteiger partial charge in [0.1, 0.15) is 12.1 Å². The van der Waals surface area contributed by atoms with E-state index in [1.165, 1.54) is 37.4 Å². The lowest BCUT2D eigenvalue weighted by Crippen LogP contribution is -2.69. The fraction of sp³-hybridized carbons (Fsp3) is 0.640. The molecule has 6 saturated heterocycles. The molecular weight excluding hydrogens is 875 g/mol. The predicted octanol–water partition coefficient (Wildman–Crippen LogP) is 4.85. The fourth-order valence-electron chi connectivity index (χ4n) is 12.5. The van der Waals surface area contributed by atoms with E-state index in [1.807, 2.05) is 16.8 Å². The van der Waals surface area contributed by atoms with Crippen molar-refractivity contribution in [3.05, 3.63) is 70.5 Å². The number of piperazine rings is 1. The van der Waals surface area contributed by atoms with Gasteiger partial charge in [0.2, 0.25) is 17.7 Å². The Labute approximate surface area is 398 Å². The van der Waals surface area contributed by atoms with E-state index in [0.717, 1.165) is 83.6 Å². The molecule has 2 bridgehead atoms. The van der Waals surface area contributed by atoms with E-state index in [-0.39, 0.29) is 73.0 Å². The molecule has 2 aromatic carbocycles. The summed E-state index contributed by atoms with van der Waals surface area (Å²) in [6, 6.07) is 13.6. The van der Waals surface area contributed by atoms with Gasteiger partial charge in [0.05, 0.1) is 36.3 Å². The summed E-state index contributed by atoms with van der Waals surface area (Å²) < 4.78 is 15.2. The van der Waals surface area contributed by atoms with Gasteiger partial charge in [0.25, 0.3) is 5.91 Å². The first-order chi connectivity index (χ1) is 32.3. The minimum absolute atomic E-state index is 0.0200. The monoisotopic (exact) mass is 943 g/mol. The molecule has 1 spiro atoms. The number of benzene rings is 2. The minimum Gasteiger partial charge on any atom is -0.389 e. The Kier molecular flexibility index (Phi) is 13.4. The summed E-state index contributed by atoms with van der Waals surface area (Å²) in [7, 11) is 0. The van der Waals surface area contributed by atoms with Crippen LogP contribution >= 0.6 is 11.6 Å². The number of likely N-dealkylation sites (tertiary alicyclic amines) is 1. The van der Waals surface area contributed by atoms with Gasteiger partial charge in [-0.15, -0.1) is 0 Å². The van der Waals surface area contributed by atoms with Gasteiger partial charge in [-0.1, -0.05) is 17.7 Å². The van der Waals surface area contributed by atoms with Crippen LogP contribution in [0, 0.1) is 17.3 Å². The highest BCUT2D eigenvalue weighted by atomic mass is 35.5. The maximum absolute atomic E-state index is 15.2. The van der Waals surface area contributed by atoms with E-state index >= 15 is 4.39 Å². The molecule has 6 unspecified atom stereocenters. The van der Waals surface area contributed by atoms with Crippen molar-refractivity contribution in [1.29, 1.82) is 0 Å². The number of amides is 4. The van der Waals surface area contributed by atoms with Gasteiger partial charge in [-0.25, -0.2) is 4.39 Å². The van der Waals surface area contributed by atoms with Crippen LogP contribution in [0.5, 0.6) is 0 Å². The molecule has 17 heteroatoms. The Morgan fingerprint density at radius 1 is 0.910 bits per heavy atom. The summed E-state index contributed by atoms with van der Waals surface area (Å²) in [5, 5.41) is 32.1. The molecule has 15 nitrogen and oxygen atoms in total. The highest BCUT2D eigenvalue weighted by Gasteiger charge is 2.53. The zero-order valence-corrected chi connectivity index (χ0v) is 39.5. The molecule has 67 heavy (non-hydrogen) atoms. The molecule has 7 fully saturated rings. The van der Waals surface area contributed by atoms with Gasteiger partial charge in [0, 0.05) is 86.8 Å². The van der Waals surface area contributed by atoms with Crippen LogP contribution in [-0.4, -0.2) is 138 Å². The molecule has 362 valence electrons. The molecule has 7 heterocycles. The molecule has 1 aliphatic carbocycles. The van der Waals surface area contributed by atoms with Crippen LogP contribution in [0.4, 0.5) is 15.8 Å². The Morgan fingerprint density at radius 3 is 2.42 bits per heavy atom. The van der Waals surface area contributed by atoms with Crippen molar-refractivity contribution in [3.63, 3.8) is 0 Å². The first-order valence-electron chi connectivity index (χ1n) is 25.0. The second-order valence-corrected chi connectivity index (χ2v) is 21.4. The van der Waals surface area contributed by atoms with Crippen LogP contribution < -0.4 is 31.5 Å². The van der Waals surface area contributed by atoms with E-state index in [9.17, 15) is 24.3 Å². The smallest absolute Gasteiger partial charge is 0.253 e. The van der Waals surface area contributed by atoms with Gasteiger partial charge < -0.3 is 20.2 Å². The number of hydrogen-bond acceptors (Lipinski definition) is 12. The summed E-state index contributed by atoms with van der Waals surface area (Å²) in [6.07, 6.45) is 11.7. The minimum atomic E-state index is -0.982. The van der Waals surface area contributed by atoms with Crippen molar-refractivity contribution < 1.29 is 28.7 Å². The summed E-state index contributed by atoms with van der Waals surface area (Å²) in [6.45, 7) is 8.82. The Morgan fingerprint density at radius 2 is 1.67 bits per heavy atom. The van der Waals surface area contributed by atoms with Gasteiger partial charge >= 0.3 is 0 Å². The van der Waals surface area contributed by atoms with Gasteiger partial charge in [-0.2, -0.15) is 5.01 Å². The number of rotatable bonds is 7. The number of aliphatic hydroxyl groups is 1. The van der Waals surface area contributed by atoms with Crippen molar-refractivity contribution >= 4 is 46.6 Å². The number of nitrogens with zero attached hydrogens (tertiary/aromatic N) is 5. The molecule has 10 rings (SSSR count). The van der Waals surface area contributed by atoms with Crippen molar-refractivity contribution in [2.75, 3.05) is 69.1 Å². The fourth-order valence-corrected chi connectivity index (χ4v) is 12.8. The van der Waals surface area contributed by atoms with Gasteiger partial charge in [-0.3, -0.25) is 50.4 Å². The maximum Gasteiger partial charge on any atom is 0.253 e. The lowest BCUT2D eigenvalue weighted by atomic mass is 9.65. The topological polar surface area (TPSA) is 165 Å². The normalized spacial score (nSPS) is 33.0. The molecular formula is C50H68ClFN10O5. The molecule has 7 atom stereocenters. The first-order valence-corrected chi connectivity index (χ1v) is 25.4. The third kappa shape index (κ3) is 9.86. The summed E-state index contributed by atoms with van der Waals surface area (Å²) in [4.78, 5) is 58.8. The van der Waals surface area contributed by atoms with Crippen LogP contribution in [0.3, 0.4) is 0 Å². The molecule has 8 aliphatic rings.